The van der Waals surface area contributed by atoms with Crippen molar-refractivity contribution < 1.29 is 0 Å². The lowest BCUT2D eigenvalue weighted by Crippen LogP contribution is -2.35. The first-order valence-electron chi connectivity index (χ1n) is 6.20. The number of hydrogen-bond acceptors (Lipinski definition) is 2. The van der Waals surface area contributed by atoms with E-state index < -0.39 is 0 Å². The lowest BCUT2D eigenvalue weighted by atomic mass is 10.2. The third-order valence-electron chi connectivity index (χ3n) is 3.37. The van der Waals surface area contributed by atoms with Crippen molar-refractivity contribution in [2.45, 2.75) is 19.5 Å². The van der Waals surface area contributed by atoms with Crippen LogP contribution >= 0.6 is 11.6 Å². The van der Waals surface area contributed by atoms with Crippen molar-refractivity contribution in [3.63, 3.8) is 0 Å². The number of fused-ring (bicyclic) bond motifs is 1. The van der Waals surface area contributed by atoms with E-state index in [4.69, 9.17) is 11.6 Å². The Bertz CT molecular complexity index is 519. The van der Waals surface area contributed by atoms with Crippen molar-refractivity contribution in [2.75, 3.05) is 20.6 Å². The van der Waals surface area contributed by atoms with E-state index in [9.17, 15) is 0 Å². The monoisotopic (exact) mass is 265 g/mol. The maximum atomic E-state index is 5.97. The number of aromatic amines is 1. The van der Waals surface area contributed by atoms with Crippen molar-refractivity contribution in [1.29, 1.82) is 0 Å². The SMILES string of the molecule is CC(CNCc1c[nH]c2cc(Cl)ccc12)N(C)C. The summed E-state index contributed by atoms with van der Waals surface area (Å²) in [5.41, 5.74) is 2.38. The molecule has 0 aliphatic heterocycles. The zero-order valence-electron chi connectivity index (χ0n) is 11.1. The summed E-state index contributed by atoms with van der Waals surface area (Å²) in [6, 6.07) is 6.50. The van der Waals surface area contributed by atoms with Gasteiger partial charge in [-0.15, -0.1) is 0 Å². The van der Waals surface area contributed by atoms with Crippen LogP contribution in [-0.2, 0) is 6.54 Å². The number of nitrogens with zero attached hydrogens (tertiary/aromatic N) is 1. The molecule has 0 radical (unpaired) electrons. The first kappa shape index (κ1) is 13.4. The van der Waals surface area contributed by atoms with Gasteiger partial charge in [-0.05, 0) is 38.7 Å². The van der Waals surface area contributed by atoms with E-state index in [0.29, 0.717) is 6.04 Å². The summed E-state index contributed by atoms with van der Waals surface area (Å²) < 4.78 is 0. The number of halogens is 1. The number of rotatable bonds is 5. The molecule has 2 N–H and O–H groups in total. The van der Waals surface area contributed by atoms with E-state index in [1.54, 1.807) is 0 Å². The van der Waals surface area contributed by atoms with Crippen LogP contribution < -0.4 is 5.32 Å². The fourth-order valence-electron chi connectivity index (χ4n) is 1.90. The topological polar surface area (TPSA) is 31.1 Å². The van der Waals surface area contributed by atoms with E-state index >= 15 is 0 Å². The molecular weight excluding hydrogens is 246 g/mol. The number of aromatic nitrogens is 1. The molecule has 0 aliphatic carbocycles. The second kappa shape index (κ2) is 5.74. The minimum atomic E-state index is 0.532. The molecule has 4 heteroatoms. The van der Waals surface area contributed by atoms with Crippen LogP contribution in [0.25, 0.3) is 10.9 Å². The van der Waals surface area contributed by atoms with Gasteiger partial charge in [-0.25, -0.2) is 0 Å². The smallest absolute Gasteiger partial charge is 0.0472 e. The van der Waals surface area contributed by atoms with Crippen LogP contribution in [0, 0.1) is 0 Å². The van der Waals surface area contributed by atoms with Crippen LogP contribution in [-0.4, -0.2) is 36.6 Å². The normalized spacial score (nSPS) is 13.4. The predicted molar refractivity (Wildman–Crippen MR) is 78.2 cm³/mol. The van der Waals surface area contributed by atoms with Gasteiger partial charge < -0.3 is 15.2 Å². The average Bonchev–Trinajstić information content (AvgIpc) is 2.71. The molecule has 18 heavy (non-hydrogen) atoms. The molecule has 0 spiro atoms. The quantitative estimate of drug-likeness (QED) is 0.871. The molecule has 1 aromatic carbocycles. The lowest BCUT2D eigenvalue weighted by molar-refractivity contribution is 0.303. The van der Waals surface area contributed by atoms with Gasteiger partial charge in [0.1, 0.15) is 0 Å². The minimum absolute atomic E-state index is 0.532. The summed E-state index contributed by atoms with van der Waals surface area (Å²) >= 11 is 5.97. The van der Waals surface area contributed by atoms with Crippen LogP contribution in [0.3, 0.4) is 0 Å². The van der Waals surface area contributed by atoms with Crippen molar-refractivity contribution in [3.8, 4) is 0 Å². The molecule has 1 unspecified atom stereocenters. The van der Waals surface area contributed by atoms with Gasteiger partial charge in [-0.3, -0.25) is 0 Å². The molecule has 2 aromatic rings. The third kappa shape index (κ3) is 3.05. The highest BCUT2D eigenvalue weighted by Crippen LogP contribution is 2.21. The molecule has 2 rings (SSSR count). The van der Waals surface area contributed by atoms with Crippen LogP contribution in [0.2, 0.25) is 5.02 Å². The van der Waals surface area contributed by atoms with Crippen LogP contribution in [0.1, 0.15) is 12.5 Å². The van der Waals surface area contributed by atoms with E-state index in [0.717, 1.165) is 23.6 Å². The fraction of sp³-hybridized carbons (Fsp3) is 0.429. The van der Waals surface area contributed by atoms with Gasteiger partial charge in [0.05, 0.1) is 0 Å². The molecular formula is C14H20ClN3. The summed E-state index contributed by atoms with van der Waals surface area (Å²) in [6.07, 6.45) is 2.05. The molecule has 1 heterocycles. The number of likely N-dealkylation sites (N-methyl/N-ethyl adjacent to an activating group) is 1. The fourth-order valence-corrected chi connectivity index (χ4v) is 2.08. The van der Waals surface area contributed by atoms with Crippen molar-refractivity contribution in [1.82, 2.24) is 15.2 Å². The maximum Gasteiger partial charge on any atom is 0.0472 e. The predicted octanol–water partition coefficient (Wildman–Crippen LogP) is 2.86. The van der Waals surface area contributed by atoms with Gasteiger partial charge >= 0.3 is 0 Å². The van der Waals surface area contributed by atoms with E-state index in [1.807, 2.05) is 18.3 Å². The molecule has 98 valence electrons. The summed E-state index contributed by atoms with van der Waals surface area (Å²) in [5.74, 6) is 0. The van der Waals surface area contributed by atoms with E-state index in [1.165, 1.54) is 10.9 Å². The van der Waals surface area contributed by atoms with Crippen molar-refractivity contribution in [2.24, 2.45) is 0 Å². The van der Waals surface area contributed by atoms with Gasteiger partial charge in [-0.1, -0.05) is 17.7 Å². The number of nitrogens with one attached hydrogen (secondary N) is 2. The highest BCUT2D eigenvalue weighted by atomic mass is 35.5. The lowest BCUT2D eigenvalue weighted by Gasteiger charge is -2.19. The molecule has 1 aromatic heterocycles. The largest absolute Gasteiger partial charge is 0.361 e. The highest BCUT2D eigenvalue weighted by Gasteiger charge is 2.06. The molecule has 0 saturated heterocycles. The summed E-state index contributed by atoms with van der Waals surface area (Å²) in [4.78, 5) is 5.47. The average molecular weight is 266 g/mol. The second-order valence-corrected chi connectivity index (χ2v) is 5.38. The Morgan fingerprint density at radius 1 is 1.39 bits per heavy atom. The first-order valence-corrected chi connectivity index (χ1v) is 6.58. The molecule has 0 fully saturated rings. The Balaban J connectivity index is 2.00. The number of benzene rings is 1. The van der Waals surface area contributed by atoms with Crippen LogP contribution in [0.4, 0.5) is 0 Å². The Hall–Kier alpha value is -1.03. The third-order valence-corrected chi connectivity index (χ3v) is 3.60. The molecule has 0 saturated carbocycles. The molecule has 0 amide bonds. The van der Waals surface area contributed by atoms with E-state index in [2.05, 4.69) is 42.3 Å². The van der Waals surface area contributed by atoms with E-state index in [-0.39, 0.29) is 0 Å². The molecule has 0 bridgehead atoms. The summed E-state index contributed by atoms with van der Waals surface area (Å²) in [5, 5.41) is 5.49. The van der Waals surface area contributed by atoms with Gasteiger partial charge in [-0.2, -0.15) is 0 Å². The first-order chi connectivity index (χ1) is 8.58. The second-order valence-electron chi connectivity index (χ2n) is 4.95. The summed E-state index contributed by atoms with van der Waals surface area (Å²) in [7, 11) is 4.19. The van der Waals surface area contributed by atoms with Crippen LogP contribution in [0.15, 0.2) is 24.4 Å². The number of hydrogen-bond donors (Lipinski definition) is 2. The Kier molecular flexibility index (Phi) is 4.27. The van der Waals surface area contributed by atoms with Gasteiger partial charge in [0.2, 0.25) is 0 Å². The van der Waals surface area contributed by atoms with Gasteiger partial charge in [0.25, 0.3) is 0 Å². The zero-order chi connectivity index (χ0) is 13.1. The Morgan fingerprint density at radius 3 is 2.89 bits per heavy atom. The van der Waals surface area contributed by atoms with Crippen LogP contribution in [0.5, 0.6) is 0 Å². The van der Waals surface area contributed by atoms with Crippen molar-refractivity contribution >= 4 is 22.5 Å². The Morgan fingerprint density at radius 2 is 2.17 bits per heavy atom. The summed E-state index contributed by atoms with van der Waals surface area (Å²) in [6.45, 7) is 4.06. The highest BCUT2D eigenvalue weighted by molar-refractivity contribution is 6.31. The van der Waals surface area contributed by atoms with Gasteiger partial charge in [0.15, 0.2) is 0 Å². The maximum absolute atomic E-state index is 5.97. The Labute approximate surface area is 113 Å². The molecule has 1 atom stereocenters. The van der Waals surface area contributed by atoms with Crippen molar-refractivity contribution in [3.05, 3.63) is 35.0 Å². The number of H-pyrrole nitrogens is 1. The minimum Gasteiger partial charge on any atom is -0.361 e. The standard InChI is InChI=1S/C14H20ClN3/c1-10(18(2)3)7-16-8-11-9-17-14-6-12(15)4-5-13(11)14/h4-6,9-10,16-17H,7-8H2,1-3H3. The molecule has 3 nitrogen and oxygen atoms in total. The zero-order valence-corrected chi connectivity index (χ0v) is 11.9. The van der Waals surface area contributed by atoms with Gasteiger partial charge in [0, 0.05) is 41.3 Å². The molecule has 0 aliphatic rings.